The van der Waals surface area contributed by atoms with E-state index >= 15 is 0 Å². The van der Waals surface area contributed by atoms with Crippen LogP contribution in [0.1, 0.15) is 0 Å². The van der Waals surface area contributed by atoms with Gasteiger partial charge < -0.3 is 0 Å². The van der Waals surface area contributed by atoms with Gasteiger partial charge in [-0.2, -0.15) is 0 Å². The molecule has 18 heavy (non-hydrogen) atoms. The van der Waals surface area contributed by atoms with Crippen molar-refractivity contribution in [2.24, 2.45) is 0 Å². The molecule has 0 aliphatic carbocycles. The van der Waals surface area contributed by atoms with Gasteiger partial charge in [0.15, 0.2) is 0 Å². The Bertz CT molecular complexity index is 740. The van der Waals surface area contributed by atoms with Crippen LogP contribution in [0.25, 0.3) is 11.1 Å². The van der Waals surface area contributed by atoms with Gasteiger partial charge in [-0.3, -0.25) is 4.31 Å². The summed E-state index contributed by atoms with van der Waals surface area (Å²) in [5, 5.41) is 0. The van der Waals surface area contributed by atoms with Crippen molar-refractivity contribution in [1.82, 2.24) is 0 Å². The summed E-state index contributed by atoms with van der Waals surface area (Å²) in [5.41, 5.74) is 2.39. The SMILES string of the molecule is CN1c2ccc(Br)cc2-c2ccccc2S1(=O)=O. The van der Waals surface area contributed by atoms with E-state index in [0.717, 1.165) is 15.6 Å². The Morgan fingerprint density at radius 1 is 1.06 bits per heavy atom. The van der Waals surface area contributed by atoms with E-state index in [1.807, 2.05) is 30.3 Å². The molecule has 0 amide bonds. The fraction of sp³-hybridized carbons (Fsp3) is 0.0769. The zero-order chi connectivity index (χ0) is 12.9. The molecule has 0 radical (unpaired) electrons. The molecule has 0 saturated carbocycles. The second-order valence-electron chi connectivity index (χ2n) is 4.13. The van der Waals surface area contributed by atoms with Gasteiger partial charge in [-0.05, 0) is 24.3 Å². The summed E-state index contributed by atoms with van der Waals surface area (Å²) >= 11 is 3.42. The maximum atomic E-state index is 12.4. The van der Waals surface area contributed by atoms with Crippen molar-refractivity contribution < 1.29 is 8.42 Å². The van der Waals surface area contributed by atoms with Crippen molar-refractivity contribution in [2.45, 2.75) is 4.90 Å². The zero-order valence-electron chi connectivity index (χ0n) is 9.59. The van der Waals surface area contributed by atoms with Crippen LogP contribution in [0.15, 0.2) is 51.8 Å². The molecule has 0 unspecified atom stereocenters. The highest BCUT2D eigenvalue weighted by atomic mass is 79.9. The number of sulfonamides is 1. The minimum atomic E-state index is -3.43. The molecule has 2 aromatic rings. The Balaban J connectivity index is 2.45. The summed E-state index contributed by atoms with van der Waals surface area (Å²) in [6.07, 6.45) is 0. The number of rotatable bonds is 0. The van der Waals surface area contributed by atoms with E-state index in [9.17, 15) is 8.42 Å². The standard InChI is InChI=1S/C13H10BrNO2S/c1-15-12-7-6-9(14)8-11(12)10-4-2-3-5-13(10)18(15,16)17/h2-8H,1H3. The summed E-state index contributed by atoms with van der Waals surface area (Å²) in [5.74, 6) is 0. The Morgan fingerprint density at radius 3 is 2.56 bits per heavy atom. The van der Waals surface area contributed by atoms with Crippen molar-refractivity contribution in [3.63, 3.8) is 0 Å². The average molecular weight is 324 g/mol. The van der Waals surface area contributed by atoms with Crippen LogP contribution >= 0.6 is 15.9 Å². The fourth-order valence-electron chi connectivity index (χ4n) is 2.19. The largest absolute Gasteiger partial charge is 0.269 e. The van der Waals surface area contributed by atoms with Gasteiger partial charge in [0.25, 0.3) is 10.0 Å². The molecule has 0 aromatic heterocycles. The van der Waals surface area contributed by atoms with Crippen molar-refractivity contribution in [2.75, 3.05) is 11.4 Å². The van der Waals surface area contributed by atoms with E-state index in [4.69, 9.17) is 0 Å². The summed E-state index contributed by atoms with van der Waals surface area (Å²) in [6.45, 7) is 0. The highest BCUT2D eigenvalue weighted by Gasteiger charge is 2.31. The van der Waals surface area contributed by atoms with Crippen molar-refractivity contribution >= 4 is 31.6 Å². The molecule has 1 aliphatic rings. The van der Waals surface area contributed by atoms with Crippen LogP contribution in [0.5, 0.6) is 0 Å². The molecule has 0 atom stereocenters. The summed E-state index contributed by atoms with van der Waals surface area (Å²) < 4.78 is 27.0. The Kier molecular flexibility index (Phi) is 2.50. The molecule has 1 heterocycles. The van der Waals surface area contributed by atoms with Crippen LogP contribution in [0.3, 0.4) is 0 Å². The smallest absolute Gasteiger partial charge is 0.264 e. The van der Waals surface area contributed by atoms with E-state index in [2.05, 4.69) is 15.9 Å². The maximum Gasteiger partial charge on any atom is 0.264 e. The predicted molar refractivity (Wildman–Crippen MR) is 75.2 cm³/mol. The highest BCUT2D eigenvalue weighted by Crippen LogP contribution is 2.42. The lowest BCUT2D eigenvalue weighted by Crippen LogP contribution is -2.30. The molecule has 0 saturated heterocycles. The number of halogens is 1. The number of hydrogen-bond acceptors (Lipinski definition) is 2. The first kappa shape index (κ1) is 11.7. The summed E-state index contributed by atoms with van der Waals surface area (Å²) in [6, 6.07) is 12.7. The minimum absolute atomic E-state index is 0.359. The third-order valence-corrected chi connectivity index (χ3v) is 5.44. The lowest BCUT2D eigenvalue weighted by atomic mass is 10.0. The van der Waals surface area contributed by atoms with Crippen molar-refractivity contribution in [3.8, 4) is 11.1 Å². The van der Waals surface area contributed by atoms with Gasteiger partial charge in [0, 0.05) is 22.6 Å². The van der Waals surface area contributed by atoms with Crippen LogP contribution in [0.4, 0.5) is 5.69 Å². The first-order chi connectivity index (χ1) is 8.51. The van der Waals surface area contributed by atoms with Crippen LogP contribution in [-0.4, -0.2) is 15.5 Å². The van der Waals surface area contributed by atoms with E-state index in [-0.39, 0.29) is 0 Å². The predicted octanol–water partition coefficient (Wildman–Crippen LogP) is 3.25. The molecule has 0 bridgehead atoms. The topological polar surface area (TPSA) is 37.4 Å². The van der Waals surface area contributed by atoms with E-state index in [1.54, 1.807) is 19.2 Å². The van der Waals surface area contributed by atoms with E-state index < -0.39 is 10.0 Å². The molecule has 2 aromatic carbocycles. The molecule has 0 fully saturated rings. The average Bonchev–Trinajstić information content (AvgIpc) is 2.36. The molecule has 1 aliphatic heterocycles. The second-order valence-corrected chi connectivity index (χ2v) is 6.98. The molecule has 92 valence electrons. The van der Waals surface area contributed by atoms with Gasteiger partial charge in [0.2, 0.25) is 0 Å². The Hall–Kier alpha value is -1.33. The molecule has 3 rings (SSSR count). The minimum Gasteiger partial charge on any atom is -0.269 e. The first-order valence-corrected chi connectivity index (χ1v) is 7.63. The number of fused-ring (bicyclic) bond motifs is 3. The molecule has 0 N–H and O–H groups in total. The van der Waals surface area contributed by atoms with Crippen LogP contribution in [0, 0.1) is 0 Å². The van der Waals surface area contributed by atoms with E-state index in [1.165, 1.54) is 4.31 Å². The summed E-state index contributed by atoms with van der Waals surface area (Å²) in [7, 11) is -1.85. The maximum absolute atomic E-state index is 12.4. The highest BCUT2D eigenvalue weighted by molar-refractivity contribution is 9.10. The van der Waals surface area contributed by atoms with Crippen LogP contribution < -0.4 is 4.31 Å². The van der Waals surface area contributed by atoms with Crippen LogP contribution in [-0.2, 0) is 10.0 Å². The van der Waals surface area contributed by atoms with Gasteiger partial charge in [-0.1, -0.05) is 34.1 Å². The Labute approximate surface area is 114 Å². The lowest BCUT2D eigenvalue weighted by molar-refractivity contribution is 0.594. The third kappa shape index (κ3) is 1.51. The van der Waals surface area contributed by atoms with Gasteiger partial charge in [-0.15, -0.1) is 0 Å². The molecule has 5 heteroatoms. The number of benzene rings is 2. The number of anilines is 1. The van der Waals surface area contributed by atoms with Crippen molar-refractivity contribution in [1.29, 1.82) is 0 Å². The van der Waals surface area contributed by atoms with Gasteiger partial charge >= 0.3 is 0 Å². The van der Waals surface area contributed by atoms with Crippen molar-refractivity contribution in [3.05, 3.63) is 46.9 Å². The van der Waals surface area contributed by atoms with Gasteiger partial charge in [-0.25, -0.2) is 8.42 Å². The number of hydrogen-bond donors (Lipinski definition) is 0. The normalized spacial score (nSPS) is 16.0. The Morgan fingerprint density at radius 2 is 1.78 bits per heavy atom. The summed E-state index contributed by atoms with van der Waals surface area (Å²) in [4.78, 5) is 0.359. The monoisotopic (exact) mass is 323 g/mol. The molecular formula is C13H10BrNO2S. The molecular weight excluding hydrogens is 314 g/mol. The van der Waals surface area contributed by atoms with Gasteiger partial charge in [0.1, 0.15) is 0 Å². The fourth-order valence-corrected chi connectivity index (χ4v) is 3.97. The molecule has 3 nitrogen and oxygen atoms in total. The zero-order valence-corrected chi connectivity index (χ0v) is 12.0. The van der Waals surface area contributed by atoms with Crippen LogP contribution in [0.2, 0.25) is 0 Å². The molecule has 0 spiro atoms. The van der Waals surface area contributed by atoms with E-state index in [0.29, 0.717) is 10.6 Å². The first-order valence-electron chi connectivity index (χ1n) is 5.40. The lowest BCUT2D eigenvalue weighted by Gasteiger charge is -2.29. The third-order valence-electron chi connectivity index (χ3n) is 3.11. The quantitative estimate of drug-likeness (QED) is 0.746. The second kappa shape index (κ2) is 3.83. The van der Waals surface area contributed by atoms with Gasteiger partial charge in [0.05, 0.1) is 10.6 Å². The number of nitrogens with zero attached hydrogens (tertiary/aromatic N) is 1.